The SMILES string of the molecule is CCC(CC)(CNC(=NC)NCCC(=O)N(C)C)NC(=O)OC(C)(C)C. The zero-order chi connectivity index (χ0) is 20.4. The molecule has 0 spiro atoms. The summed E-state index contributed by atoms with van der Waals surface area (Å²) in [5.74, 6) is 0.643. The number of alkyl carbamates (subject to hydrolysis) is 1. The molecule has 0 aromatic carbocycles. The van der Waals surface area contributed by atoms with Gasteiger partial charge >= 0.3 is 6.09 Å². The number of nitrogens with zero attached hydrogens (tertiary/aromatic N) is 2. The van der Waals surface area contributed by atoms with E-state index in [4.69, 9.17) is 4.74 Å². The highest BCUT2D eigenvalue weighted by molar-refractivity contribution is 5.81. The molecule has 0 saturated carbocycles. The lowest BCUT2D eigenvalue weighted by atomic mass is 9.93. The average molecular weight is 372 g/mol. The Morgan fingerprint density at radius 3 is 2.08 bits per heavy atom. The van der Waals surface area contributed by atoms with Crippen LogP contribution in [-0.2, 0) is 9.53 Å². The van der Waals surface area contributed by atoms with Crippen LogP contribution in [0.5, 0.6) is 0 Å². The second-order valence-corrected chi connectivity index (χ2v) is 7.51. The van der Waals surface area contributed by atoms with Crippen molar-refractivity contribution in [2.24, 2.45) is 4.99 Å². The van der Waals surface area contributed by atoms with Crippen molar-refractivity contribution < 1.29 is 14.3 Å². The normalized spacial score (nSPS) is 12.4. The van der Waals surface area contributed by atoms with Gasteiger partial charge in [0.25, 0.3) is 0 Å². The Bertz CT molecular complexity index is 480. The molecule has 0 radical (unpaired) electrons. The lowest BCUT2D eigenvalue weighted by molar-refractivity contribution is -0.128. The predicted molar refractivity (Wildman–Crippen MR) is 105 cm³/mol. The summed E-state index contributed by atoms with van der Waals surface area (Å²) in [6.45, 7) is 10.5. The fourth-order valence-corrected chi connectivity index (χ4v) is 2.23. The molecule has 0 rings (SSSR count). The number of hydrogen-bond donors (Lipinski definition) is 3. The smallest absolute Gasteiger partial charge is 0.408 e. The standard InChI is InChI=1S/C18H37N5O3/c1-9-18(10-2,22-16(25)26-17(3,4)5)13-21-15(19-6)20-12-11-14(24)23(7)8/h9-13H2,1-8H3,(H,22,25)(H2,19,20,21). The highest BCUT2D eigenvalue weighted by Crippen LogP contribution is 2.16. The van der Waals surface area contributed by atoms with E-state index in [2.05, 4.69) is 20.9 Å². The molecule has 8 nitrogen and oxygen atoms in total. The van der Waals surface area contributed by atoms with Gasteiger partial charge in [0, 0.05) is 40.7 Å². The highest BCUT2D eigenvalue weighted by Gasteiger charge is 2.30. The number of guanidine groups is 1. The number of carbonyl (C=O) groups is 2. The third-order valence-electron chi connectivity index (χ3n) is 4.07. The number of amides is 2. The first kappa shape index (κ1) is 24.0. The fourth-order valence-electron chi connectivity index (χ4n) is 2.23. The van der Waals surface area contributed by atoms with Crippen LogP contribution in [-0.4, -0.2) is 68.2 Å². The van der Waals surface area contributed by atoms with Gasteiger partial charge in [0.2, 0.25) is 5.91 Å². The van der Waals surface area contributed by atoms with Crippen molar-refractivity contribution in [1.82, 2.24) is 20.9 Å². The van der Waals surface area contributed by atoms with Gasteiger partial charge in [-0.1, -0.05) is 13.8 Å². The molecule has 0 saturated heterocycles. The van der Waals surface area contributed by atoms with Crippen molar-refractivity contribution in [2.45, 2.75) is 65.0 Å². The van der Waals surface area contributed by atoms with Gasteiger partial charge in [0.15, 0.2) is 5.96 Å². The van der Waals surface area contributed by atoms with Crippen molar-refractivity contribution in [1.29, 1.82) is 0 Å². The van der Waals surface area contributed by atoms with E-state index in [1.807, 2.05) is 34.6 Å². The molecule has 0 aromatic heterocycles. The summed E-state index contributed by atoms with van der Waals surface area (Å²) in [6, 6.07) is 0. The molecule has 0 aliphatic heterocycles. The second-order valence-electron chi connectivity index (χ2n) is 7.51. The molecule has 8 heteroatoms. The Labute approximate surface area is 158 Å². The maximum atomic E-state index is 12.2. The average Bonchev–Trinajstić information content (AvgIpc) is 2.54. The molecule has 0 aromatic rings. The minimum Gasteiger partial charge on any atom is -0.444 e. The summed E-state index contributed by atoms with van der Waals surface area (Å²) < 4.78 is 5.38. The van der Waals surface area contributed by atoms with Crippen LogP contribution < -0.4 is 16.0 Å². The van der Waals surface area contributed by atoms with E-state index in [0.29, 0.717) is 25.5 Å². The van der Waals surface area contributed by atoms with Crippen molar-refractivity contribution in [3.63, 3.8) is 0 Å². The van der Waals surface area contributed by atoms with Crippen LogP contribution in [0.25, 0.3) is 0 Å². The highest BCUT2D eigenvalue weighted by atomic mass is 16.6. The summed E-state index contributed by atoms with van der Waals surface area (Å²) in [5.41, 5.74) is -0.985. The molecular weight excluding hydrogens is 334 g/mol. The summed E-state index contributed by atoms with van der Waals surface area (Å²) in [6.07, 6.45) is 1.44. The zero-order valence-electron chi connectivity index (χ0n) is 17.7. The number of nitrogens with one attached hydrogen (secondary N) is 3. The third-order valence-corrected chi connectivity index (χ3v) is 4.07. The molecular formula is C18H37N5O3. The largest absolute Gasteiger partial charge is 0.444 e. The van der Waals surface area contributed by atoms with Crippen LogP contribution >= 0.6 is 0 Å². The number of aliphatic imine (C=N–C) groups is 1. The summed E-state index contributed by atoms with van der Waals surface area (Å²) in [5, 5.41) is 9.33. The number of hydrogen-bond acceptors (Lipinski definition) is 4. The van der Waals surface area contributed by atoms with E-state index >= 15 is 0 Å². The summed E-state index contributed by atoms with van der Waals surface area (Å²) in [7, 11) is 5.13. The van der Waals surface area contributed by atoms with Crippen LogP contribution in [0, 0.1) is 0 Å². The zero-order valence-corrected chi connectivity index (χ0v) is 17.7. The van der Waals surface area contributed by atoms with Gasteiger partial charge in [-0.3, -0.25) is 9.79 Å². The quantitative estimate of drug-likeness (QED) is 0.446. The van der Waals surface area contributed by atoms with Crippen molar-refractivity contribution >= 4 is 18.0 Å². The van der Waals surface area contributed by atoms with Crippen molar-refractivity contribution in [3.8, 4) is 0 Å². The molecule has 0 bridgehead atoms. The molecule has 0 aliphatic rings. The topological polar surface area (TPSA) is 95.1 Å². The Morgan fingerprint density at radius 2 is 1.65 bits per heavy atom. The number of ether oxygens (including phenoxy) is 1. The first-order valence-electron chi connectivity index (χ1n) is 9.14. The number of rotatable bonds is 8. The van der Waals surface area contributed by atoms with Crippen LogP contribution in [0.4, 0.5) is 4.79 Å². The van der Waals surface area contributed by atoms with E-state index in [9.17, 15) is 9.59 Å². The van der Waals surface area contributed by atoms with E-state index in [-0.39, 0.29) is 5.91 Å². The molecule has 0 aliphatic carbocycles. The monoisotopic (exact) mass is 371 g/mol. The maximum absolute atomic E-state index is 12.2. The molecule has 0 heterocycles. The van der Waals surface area contributed by atoms with E-state index in [1.165, 1.54) is 0 Å². The third kappa shape index (κ3) is 9.48. The molecule has 2 amide bonds. The van der Waals surface area contributed by atoms with Gasteiger partial charge in [-0.15, -0.1) is 0 Å². The summed E-state index contributed by atoms with van der Waals surface area (Å²) in [4.78, 5) is 29.5. The Kier molecular flexibility index (Phi) is 10.0. The van der Waals surface area contributed by atoms with E-state index in [1.54, 1.807) is 26.0 Å². The Morgan fingerprint density at radius 1 is 1.08 bits per heavy atom. The van der Waals surface area contributed by atoms with Gasteiger partial charge in [-0.2, -0.15) is 0 Å². The first-order chi connectivity index (χ1) is 12.0. The Balaban J connectivity index is 4.68. The number of carbonyl (C=O) groups excluding carboxylic acids is 2. The van der Waals surface area contributed by atoms with Crippen LogP contribution in [0.2, 0.25) is 0 Å². The van der Waals surface area contributed by atoms with Crippen LogP contribution in [0.1, 0.15) is 53.9 Å². The van der Waals surface area contributed by atoms with Gasteiger partial charge < -0.3 is 25.6 Å². The lowest BCUT2D eigenvalue weighted by Gasteiger charge is -2.34. The minimum atomic E-state index is -0.540. The first-order valence-corrected chi connectivity index (χ1v) is 9.14. The predicted octanol–water partition coefficient (Wildman–Crippen LogP) is 1.71. The lowest BCUT2D eigenvalue weighted by Crippen LogP contribution is -2.57. The van der Waals surface area contributed by atoms with E-state index < -0.39 is 17.2 Å². The Hall–Kier alpha value is -1.99. The molecule has 3 N–H and O–H groups in total. The van der Waals surface area contributed by atoms with Gasteiger partial charge in [-0.25, -0.2) is 4.79 Å². The molecule has 152 valence electrons. The van der Waals surface area contributed by atoms with Crippen LogP contribution in [0.15, 0.2) is 4.99 Å². The van der Waals surface area contributed by atoms with Gasteiger partial charge in [0.05, 0.1) is 5.54 Å². The van der Waals surface area contributed by atoms with E-state index in [0.717, 1.165) is 12.8 Å². The molecule has 0 fully saturated rings. The van der Waals surface area contributed by atoms with Crippen molar-refractivity contribution in [2.75, 3.05) is 34.2 Å². The van der Waals surface area contributed by atoms with Gasteiger partial charge in [-0.05, 0) is 33.6 Å². The van der Waals surface area contributed by atoms with Gasteiger partial charge in [0.1, 0.15) is 5.60 Å². The minimum absolute atomic E-state index is 0.0519. The second kappa shape index (κ2) is 10.9. The van der Waals surface area contributed by atoms with Crippen molar-refractivity contribution in [3.05, 3.63) is 0 Å². The summed E-state index contributed by atoms with van der Waals surface area (Å²) >= 11 is 0. The fraction of sp³-hybridized carbons (Fsp3) is 0.833. The van der Waals surface area contributed by atoms with Crippen LogP contribution in [0.3, 0.4) is 0 Å². The molecule has 0 atom stereocenters. The molecule has 0 unspecified atom stereocenters. The maximum Gasteiger partial charge on any atom is 0.408 e. The molecule has 26 heavy (non-hydrogen) atoms.